The lowest BCUT2D eigenvalue weighted by Gasteiger charge is -2.11. The summed E-state index contributed by atoms with van der Waals surface area (Å²) in [6, 6.07) is 8.12. The van der Waals surface area contributed by atoms with Crippen LogP contribution in [0.5, 0.6) is 0 Å². The molecule has 17 heavy (non-hydrogen) atoms. The van der Waals surface area contributed by atoms with Crippen LogP contribution in [0.1, 0.15) is 6.42 Å². The fourth-order valence-electron chi connectivity index (χ4n) is 1.82. The van der Waals surface area contributed by atoms with Crippen LogP contribution in [0.2, 0.25) is 0 Å². The molecular weight excluding hydrogens is 244 g/mol. The molecule has 0 aliphatic heterocycles. The van der Waals surface area contributed by atoms with E-state index in [0.29, 0.717) is 5.69 Å². The molecule has 1 aromatic carbocycles. The molecule has 4 N–H and O–H groups in total. The zero-order chi connectivity index (χ0) is 12.7. The number of carboxylic acids is 1. The van der Waals surface area contributed by atoms with Crippen LogP contribution < -0.4 is 10.5 Å². The minimum absolute atomic E-state index is 0.0178. The number of carboxylic acid groups (broad SMARTS) is 1. The molecule has 0 saturated heterocycles. The van der Waals surface area contributed by atoms with Crippen molar-refractivity contribution in [2.45, 2.75) is 17.2 Å². The molecule has 92 valence electrons. The average Bonchev–Trinajstić information content (AvgIpc) is 2.94. The molecule has 0 heterocycles. The third-order valence-corrected chi connectivity index (χ3v) is 4.54. The third-order valence-electron chi connectivity index (χ3n) is 2.89. The van der Waals surface area contributed by atoms with Gasteiger partial charge in [-0.1, -0.05) is 18.2 Å². The Kier molecular flexibility index (Phi) is 2.59. The van der Waals surface area contributed by atoms with E-state index in [1.54, 1.807) is 24.3 Å². The molecule has 0 amide bonds. The molecule has 2 unspecified atom stereocenters. The number of sulfonamides is 1. The number of para-hydroxylation sites is 1. The Hall–Kier alpha value is -1.60. The number of rotatable bonds is 4. The molecule has 1 fully saturated rings. The Balaban J connectivity index is 2.21. The van der Waals surface area contributed by atoms with E-state index < -0.39 is 26.8 Å². The summed E-state index contributed by atoms with van der Waals surface area (Å²) >= 11 is 0. The molecule has 0 bridgehead atoms. The van der Waals surface area contributed by atoms with E-state index in [4.69, 9.17) is 10.2 Å². The van der Waals surface area contributed by atoms with Gasteiger partial charge in [-0.15, -0.1) is 0 Å². The van der Waals surface area contributed by atoms with Crippen LogP contribution in [0.3, 0.4) is 0 Å². The van der Waals surface area contributed by atoms with Crippen molar-refractivity contribution in [1.29, 1.82) is 0 Å². The highest BCUT2D eigenvalue weighted by atomic mass is 32.2. The number of nitrogens with one attached hydrogen (secondary N) is 1. The van der Waals surface area contributed by atoms with Crippen molar-refractivity contribution in [2.24, 2.45) is 5.14 Å². The first-order valence-corrected chi connectivity index (χ1v) is 6.50. The highest BCUT2D eigenvalue weighted by Gasteiger charge is 2.69. The molecule has 1 aromatic rings. The van der Waals surface area contributed by atoms with Crippen molar-refractivity contribution < 1.29 is 18.3 Å². The van der Waals surface area contributed by atoms with Gasteiger partial charge in [0, 0.05) is 12.1 Å². The van der Waals surface area contributed by atoms with Crippen molar-refractivity contribution in [2.75, 3.05) is 5.32 Å². The van der Waals surface area contributed by atoms with Gasteiger partial charge in [0.25, 0.3) is 0 Å². The van der Waals surface area contributed by atoms with E-state index in [1.807, 2.05) is 6.07 Å². The second kappa shape index (κ2) is 3.71. The van der Waals surface area contributed by atoms with Crippen LogP contribution in [0.4, 0.5) is 5.69 Å². The van der Waals surface area contributed by atoms with Crippen molar-refractivity contribution >= 4 is 21.7 Å². The van der Waals surface area contributed by atoms with Gasteiger partial charge in [0.1, 0.15) is 0 Å². The summed E-state index contributed by atoms with van der Waals surface area (Å²) in [6.07, 6.45) is -0.0178. The SMILES string of the molecule is NS(=O)(=O)C1(C(=O)O)CC1Nc1ccccc1. The van der Waals surface area contributed by atoms with Crippen LogP contribution in [0.15, 0.2) is 30.3 Å². The van der Waals surface area contributed by atoms with Gasteiger partial charge in [-0.25, -0.2) is 13.6 Å². The van der Waals surface area contributed by atoms with Gasteiger partial charge in [-0.3, -0.25) is 4.79 Å². The highest BCUT2D eigenvalue weighted by molar-refractivity contribution is 7.91. The van der Waals surface area contributed by atoms with Crippen LogP contribution in [-0.2, 0) is 14.8 Å². The standard InChI is InChI=1S/C10H12N2O4S/c11-17(15,16)10(9(13)14)6-8(10)12-7-4-2-1-3-5-7/h1-5,8,12H,6H2,(H,13,14)(H2,11,15,16). The fraction of sp³-hybridized carbons (Fsp3) is 0.300. The predicted octanol–water partition coefficient (Wildman–Crippen LogP) is -0.0173. The largest absolute Gasteiger partial charge is 0.480 e. The maximum atomic E-state index is 11.3. The van der Waals surface area contributed by atoms with Gasteiger partial charge >= 0.3 is 5.97 Å². The van der Waals surface area contributed by atoms with Gasteiger partial charge in [0.2, 0.25) is 14.8 Å². The molecule has 1 saturated carbocycles. The topological polar surface area (TPSA) is 109 Å². The maximum Gasteiger partial charge on any atom is 0.328 e. The first kappa shape index (κ1) is 11.9. The minimum Gasteiger partial charge on any atom is -0.480 e. The first-order chi connectivity index (χ1) is 7.88. The van der Waals surface area contributed by atoms with Crippen LogP contribution in [0, 0.1) is 0 Å². The van der Waals surface area contributed by atoms with E-state index in [0.717, 1.165) is 0 Å². The quantitative estimate of drug-likeness (QED) is 0.701. The van der Waals surface area contributed by atoms with Crippen LogP contribution in [0.25, 0.3) is 0 Å². The Labute approximate surface area is 98.5 Å². The normalized spacial score (nSPS) is 27.5. The van der Waals surface area contributed by atoms with Gasteiger partial charge in [0.15, 0.2) is 0 Å². The molecule has 1 aliphatic carbocycles. The lowest BCUT2D eigenvalue weighted by molar-refractivity contribution is -0.137. The molecule has 1 aliphatic rings. The number of nitrogens with two attached hydrogens (primary N) is 1. The molecule has 0 spiro atoms. The molecule has 0 aromatic heterocycles. The Morgan fingerprint density at radius 3 is 2.41 bits per heavy atom. The molecular formula is C10H12N2O4S. The number of carbonyl (C=O) groups is 1. The van der Waals surface area contributed by atoms with E-state index in [9.17, 15) is 13.2 Å². The summed E-state index contributed by atoms with van der Waals surface area (Å²) in [4.78, 5) is 11.0. The molecule has 2 atom stereocenters. The van der Waals surface area contributed by atoms with E-state index in [-0.39, 0.29) is 6.42 Å². The van der Waals surface area contributed by atoms with E-state index in [2.05, 4.69) is 5.32 Å². The second-order valence-electron chi connectivity index (χ2n) is 4.01. The summed E-state index contributed by atoms with van der Waals surface area (Å²) in [7, 11) is -4.12. The highest BCUT2D eigenvalue weighted by Crippen LogP contribution is 2.44. The Morgan fingerprint density at radius 2 is 2.00 bits per heavy atom. The molecule has 6 nitrogen and oxygen atoms in total. The predicted molar refractivity (Wildman–Crippen MR) is 61.9 cm³/mol. The third kappa shape index (κ3) is 1.87. The average molecular weight is 256 g/mol. The second-order valence-corrected chi connectivity index (χ2v) is 5.83. The summed E-state index contributed by atoms with van der Waals surface area (Å²) < 4.78 is 20.7. The van der Waals surface area contributed by atoms with Gasteiger partial charge in [-0.05, 0) is 12.1 Å². The molecule has 7 heteroatoms. The molecule has 2 rings (SSSR count). The number of hydrogen-bond donors (Lipinski definition) is 3. The lowest BCUT2D eigenvalue weighted by Crippen LogP contribution is -2.42. The smallest absolute Gasteiger partial charge is 0.328 e. The fourth-order valence-corrected chi connectivity index (χ4v) is 2.92. The first-order valence-electron chi connectivity index (χ1n) is 4.95. The van der Waals surface area contributed by atoms with Gasteiger partial charge in [-0.2, -0.15) is 0 Å². The zero-order valence-corrected chi connectivity index (χ0v) is 9.65. The Morgan fingerprint density at radius 1 is 1.41 bits per heavy atom. The van der Waals surface area contributed by atoms with Crippen LogP contribution >= 0.6 is 0 Å². The number of aliphatic carboxylic acids is 1. The van der Waals surface area contributed by atoms with Crippen molar-refractivity contribution in [3.63, 3.8) is 0 Å². The molecule has 0 radical (unpaired) electrons. The summed E-state index contributed by atoms with van der Waals surface area (Å²) in [5.74, 6) is -1.41. The number of benzene rings is 1. The zero-order valence-electron chi connectivity index (χ0n) is 8.83. The number of hydrogen-bond acceptors (Lipinski definition) is 4. The summed E-state index contributed by atoms with van der Waals surface area (Å²) in [6.45, 7) is 0. The van der Waals surface area contributed by atoms with Crippen molar-refractivity contribution in [1.82, 2.24) is 0 Å². The van der Waals surface area contributed by atoms with Gasteiger partial charge in [0.05, 0.1) is 6.04 Å². The minimum atomic E-state index is -4.12. The summed E-state index contributed by atoms with van der Waals surface area (Å²) in [5, 5.41) is 16.8. The van der Waals surface area contributed by atoms with E-state index in [1.165, 1.54) is 0 Å². The van der Waals surface area contributed by atoms with Crippen molar-refractivity contribution in [3.8, 4) is 0 Å². The maximum absolute atomic E-state index is 11.3. The van der Waals surface area contributed by atoms with Crippen LogP contribution in [-0.4, -0.2) is 30.3 Å². The van der Waals surface area contributed by atoms with E-state index >= 15 is 0 Å². The summed E-state index contributed by atoms with van der Waals surface area (Å²) in [5.41, 5.74) is 0.671. The van der Waals surface area contributed by atoms with Gasteiger partial charge < -0.3 is 10.4 Å². The number of primary sulfonamides is 1. The van der Waals surface area contributed by atoms with Crippen molar-refractivity contribution in [3.05, 3.63) is 30.3 Å². The lowest BCUT2D eigenvalue weighted by atomic mass is 10.3. The number of anilines is 1. The Bertz CT molecular complexity index is 543. The monoisotopic (exact) mass is 256 g/mol.